The monoisotopic (exact) mass is 377 g/mol. The molecule has 0 unspecified atom stereocenters. The van der Waals surface area contributed by atoms with Crippen molar-refractivity contribution in [2.24, 2.45) is 0 Å². The van der Waals surface area contributed by atoms with Crippen molar-refractivity contribution in [3.05, 3.63) is 60.2 Å². The van der Waals surface area contributed by atoms with Gasteiger partial charge in [0.2, 0.25) is 11.8 Å². The Hall–Kier alpha value is -2.82. The molecule has 28 heavy (non-hydrogen) atoms. The zero-order valence-corrected chi connectivity index (χ0v) is 16.1. The molecule has 0 aromatic heterocycles. The van der Waals surface area contributed by atoms with Gasteiger partial charge in [-0.25, -0.2) is 0 Å². The third-order valence-electron chi connectivity index (χ3n) is 5.67. The van der Waals surface area contributed by atoms with Crippen LogP contribution in [0.1, 0.15) is 31.2 Å². The molecule has 5 heteroatoms. The normalized spacial score (nSPS) is 17.8. The molecule has 5 nitrogen and oxygen atoms in total. The second-order valence-corrected chi connectivity index (χ2v) is 7.66. The van der Waals surface area contributed by atoms with Crippen LogP contribution in [0, 0.1) is 0 Å². The van der Waals surface area contributed by atoms with Gasteiger partial charge in [-0.15, -0.1) is 0 Å². The van der Waals surface area contributed by atoms with Crippen molar-refractivity contribution < 1.29 is 9.59 Å². The van der Waals surface area contributed by atoms with Crippen molar-refractivity contribution in [3.63, 3.8) is 0 Å². The van der Waals surface area contributed by atoms with Crippen LogP contribution in [0.15, 0.2) is 54.6 Å². The molecule has 0 spiro atoms. The summed E-state index contributed by atoms with van der Waals surface area (Å²) in [6.07, 6.45) is 3.87. The van der Waals surface area contributed by atoms with E-state index in [1.165, 1.54) is 5.69 Å². The molecule has 2 aromatic carbocycles. The second-order valence-electron chi connectivity index (χ2n) is 7.66. The van der Waals surface area contributed by atoms with Gasteiger partial charge < -0.3 is 15.1 Å². The van der Waals surface area contributed by atoms with Gasteiger partial charge in [-0.3, -0.25) is 9.59 Å². The number of piperidine rings is 1. The molecule has 2 amide bonds. The molecule has 0 saturated carbocycles. The molecule has 2 aromatic rings. The van der Waals surface area contributed by atoms with Crippen molar-refractivity contribution in [1.82, 2.24) is 5.32 Å². The molecule has 2 aliphatic rings. The zero-order chi connectivity index (χ0) is 19.3. The number of nitrogens with one attached hydrogen (secondary N) is 1. The van der Waals surface area contributed by atoms with Crippen molar-refractivity contribution in [2.45, 2.75) is 38.1 Å². The molecule has 0 aliphatic carbocycles. The average molecular weight is 377 g/mol. The Bertz CT molecular complexity index is 812. The summed E-state index contributed by atoms with van der Waals surface area (Å²) < 4.78 is 0. The topological polar surface area (TPSA) is 52.7 Å². The molecule has 0 radical (unpaired) electrons. The Morgan fingerprint density at radius 3 is 2.29 bits per heavy atom. The van der Waals surface area contributed by atoms with E-state index in [-0.39, 0.29) is 17.9 Å². The number of nitrogens with zero attached hydrogens (tertiary/aromatic N) is 2. The zero-order valence-electron chi connectivity index (χ0n) is 16.1. The lowest BCUT2D eigenvalue weighted by Crippen LogP contribution is -2.45. The van der Waals surface area contributed by atoms with Gasteiger partial charge in [-0.05, 0) is 49.1 Å². The summed E-state index contributed by atoms with van der Waals surface area (Å²) >= 11 is 0. The minimum absolute atomic E-state index is 0.0724. The summed E-state index contributed by atoms with van der Waals surface area (Å²) in [6, 6.07) is 18.5. The predicted octanol–water partition coefficient (Wildman–Crippen LogP) is 3.14. The molecule has 146 valence electrons. The van der Waals surface area contributed by atoms with E-state index >= 15 is 0 Å². The molecule has 2 heterocycles. The largest absolute Gasteiger partial charge is 0.371 e. The Morgan fingerprint density at radius 1 is 0.929 bits per heavy atom. The molecule has 0 bridgehead atoms. The Balaban J connectivity index is 1.25. The van der Waals surface area contributed by atoms with Crippen LogP contribution in [0.5, 0.6) is 0 Å². The third kappa shape index (κ3) is 4.35. The highest BCUT2D eigenvalue weighted by Crippen LogP contribution is 2.22. The first-order chi connectivity index (χ1) is 13.7. The highest BCUT2D eigenvalue weighted by Gasteiger charge is 2.22. The van der Waals surface area contributed by atoms with E-state index in [0.717, 1.165) is 50.1 Å². The summed E-state index contributed by atoms with van der Waals surface area (Å²) in [6.45, 7) is 2.72. The van der Waals surface area contributed by atoms with Gasteiger partial charge in [-0.1, -0.05) is 30.3 Å². The van der Waals surface area contributed by atoms with Crippen LogP contribution in [0.25, 0.3) is 0 Å². The van der Waals surface area contributed by atoms with Gasteiger partial charge in [-0.2, -0.15) is 0 Å². The number of benzene rings is 2. The molecular formula is C23H27N3O2. The smallest absolute Gasteiger partial charge is 0.227 e. The lowest BCUT2D eigenvalue weighted by atomic mass is 10.0. The highest BCUT2D eigenvalue weighted by atomic mass is 16.2. The minimum Gasteiger partial charge on any atom is -0.371 e. The van der Waals surface area contributed by atoms with Crippen molar-refractivity contribution in [3.8, 4) is 0 Å². The first kappa shape index (κ1) is 18.5. The maximum atomic E-state index is 12.4. The SMILES string of the molecule is O=C(Cc1ccc(N2CCCC2=O)cc1)NC1CCN(c2ccccc2)CC1. The van der Waals surface area contributed by atoms with Gasteiger partial charge in [0.1, 0.15) is 0 Å². The maximum Gasteiger partial charge on any atom is 0.227 e. The number of carbonyl (C=O) groups is 2. The Labute approximate surface area is 166 Å². The van der Waals surface area contributed by atoms with Crippen LogP contribution in [0.4, 0.5) is 11.4 Å². The van der Waals surface area contributed by atoms with E-state index in [2.05, 4.69) is 34.5 Å². The number of anilines is 2. The van der Waals surface area contributed by atoms with Crippen molar-refractivity contribution in [2.75, 3.05) is 29.4 Å². The van der Waals surface area contributed by atoms with E-state index in [1.807, 2.05) is 35.2 Å². The average Bonchev–Trinajstić information content (AvgIpc) is 3.16. The summed E-state index contributed by atoms with van der Waals surface area (Å²) in [5.41, 5.74) is 3.17. The van der Waals surface area contributed by atoms with Crippen LogP contribution in [-0.2, 0) is 16.0 Å². The van der Waals surface area contributed by atoms with Crippen LogP contribution >= 0.6 is 0 Å². The van der Waals surface area contributed by atoms with Gasteiger partial charge >= 0.3 is 0 Å². The van der Waals surface area contributed by atoms with Crippen molar-refractivity contribution >= 4 is 23.2 Å². The Kier molecular flexibility index (Phi) is 5.60. The fraction of sp³-hybridized carbons (Fsp3) is 0.391. The lowest BCUT2D eigenvalue weighted by Gasteiger charge is -2.34. The third-order valence-corrected chi connectivity index (χ3v) is 5.67. The summed E-state index contributed by atoms with van der Waals surface area (Å²) in [5, 5.41) is 3.19. The first-order valence-corrected chi connectivity index (χ1v) is 10.2. The van der Waals surface area contributed by atoms with E-state index in [1.54, 1.807) is 0 Å². The van der Waals surface area contributed by atoms with Crippen LogP contribution in [-0.4, -0.2) is 37.5 Å². The number of rotatable bonds is 5. The van der Waals surface area contributed by atoms with Crippen LogP contribution in [0.2, 0.25) is 0 Å². The first-order valence-electron chi connectivity index (χ1n) is 10.2. The highest BCUT2D eigenvalue weighted by molar-refractivity contribution is 5.95. The predicted molar refractivity (Wildman–Crippen MR) is 112 cm³/mol. The number of hydrogen-bond donors (Lipinski definition) is 1. The fourth-order valence-electron chi connectivity index (χ4n) is 4.10. The molecule has 2 aliphatic heterocycles. The molecule has 0 atom stereocenters. The van der Waals surface area contributed by atoms with E-state index in [9.17, 15) is 9.59 Å². The van der Waals surface area contributed by atoms with E-state index in [4.69, 9.17) is 0 Å². The number of para-hydroxylation sites is 1. The molecule has 2 fully saturated rings. The lowest BCUT2D eigenvalue weighted by molar-refractivity contribution is -0.121. The summed E-state index contributed by atoms with van der Waals surface area (Å²) in [4.78, 5) is 28.5. The quantitative estimate of drug-likeness (QED) is 0.871. The Morgan fingerprint density at radius 2 is 1.64 bits per heavy atom. The van der Waals surface area contributed by atoms with Crippen LogP contribution in [0.3, 0.4) is 0 Å². The number of carbonyl (C=O) groups excluding carboxylic acids is 2. The van der Waals surface area contributed by atoms with E-state index in [0.29, 0.717) is 12.8 Å². The number of amides is 2. The van der Waals surface area contributed by atoms with Gasteiger partial charge in [0.05, 0.1) is 6.42 Å². The minimum atomic E-state index is 0.0724. The van der Waals surface area contributed by atoms with Crippen molar-refractivity contribution in [1.29, 1.82) is 0 Å². The maximum absolute atomic E-state index is 12.4. The van der Waals surface area contributed by atoms with Gasteiger partial charge in [0.15, 0.2) is 0 Å². The van der Waals surface area contributed by atoms with Gasteiger partial charge in [0, 0.05) is 43.5 Å². The summed E-state index contributed by atoms with van der Waals surface area (Å²) in [7, 11) is 0. The van der Waals surface area contributed by atoms with E-state index < -0.39 is 0 Å². The fourth-order valence-corrected chi connectivity index (χ4v) is 4.10. The van der Waals surface area contributed by atoms with Crippen LogP contribution < -0.4 is 15.1 Å². The second kappa shape index (κ2) is 8.46. The summed E-state index contributed by atoms with van der Waals surface area (Å²) in [5.74, 6) is 0.260. The molecule has 2 saturated heterocycles. The van der Waals surface area contributed by atoms with Gasteiger partial charge in [0.25, 0.3) is 0 Å². The number of hydrogen-bond acceptors (Lipinski definition) is 3. The molecular weight excluding hydrogens is 350 g/mol. The molecule has 1 N–H and O–H groups in total. The standard InChI is InChI=1S/C23H27N3O2/c27-22(17-18-8-10-21(11-9-18)26-14-4-7-23(26)28)24-19-12-15-25(16-13-19)20-5-2-1-3-6-20/h1-3,5-6,8-11,19H,4,7,12-17H2,(H,24,27). The molecule has 4 rings (SSSR count).